The van der Waals surface area contributed by atoms with Crippen LogP contribution in [0.25, 0.3) is 0 Å². The van der Waals surface area contributed by atoms with Crippen molar-refractivity contribution in [3.05, 3.63) is 23.3 Å². The van der Waals surface area contributed by atoms with E-state index in [1.165, 1.54) is 11.1 Å². The standard InChI is InChI=1S/C12H21O/c1-4-11(3)7-6-8-12(5-2)9-10-13/h7,9H,4-6,8,10H2,1-3H3. The normalized spacial score (nSPS) is 13.5. The van der Waals surface area contributed by atoms with Crippen molar-refractivity contribution in [1.82, 2.24) is 0 Å². The Kier molecular flexibility index (Phi) is 7.71. The van der Waals surface area contributed by atoms with Gasteiger partial charge in [-0.25, -0.2) is 5.11 Å². The maximum atomic E-state index is 10.4. The van der Waals surface area contributed by atoms with Gasteiger partial charge in [-0.3, -0.25) is 0 Å². The summed E-state index contributed by atoms with van der Waals surface area (Å²) >= 11 is 0. The summed E-state index contributed by atoms with van der Waals surface area (Å²) in [7, 11) is 0. The summed E-state index contributed by atoms with van der Waals surface area (Å²) in [6.45, 7) is 6.36. The van der Waals surface area contributed by atoms with E-state index in [1.807, 2.05) is 6.08 Å². The predicted molar refractivity (Wildman–Crippen MR) is 57.2 cm³/mol. The fraction of sp³-hybridized carbons (Fsp3) is 0.667. The first kappa shape index (κ1) is 12.4. The monoisotopic (exact) mass is 181 g/mol. The maximum Gasteiger partial charge on any atom is 0.101 e. The van der Waals surface area contributed by atoms with Gasteiger partial charge in [0, 0.05) is 0 Å². The molecular formula is C12H21O. The van der Waals surface area contributed by atoms with Crippen molar-refractivity contribution in [2.45, 2.75) is 46.5 Å². The Labute approximate surface area is 82.2 Å². The molecule has 0 fully saturated rings. The quantitative estimate of drug-likeness (QED) is 0.554. The molecule has 0 aliphatic heterocycles. The molecule has 1 nitrogen and oxygen atoms in total. The molecule has 13 heavy (non-hydrogen) atoms. The van der Waals surface area contributed by atoms with Crippen LogP contribution in [-0.4, -0.2) is 6.61 Å². The minimum absolute atomic E-state index is 0.0698. The van der Waals surface area contributed by atoms with E-state index in [4.69, 9.17) is 0 Å². The average Bonchev–Trinajstić information content (AvgIpc) is 2.16. The van der Waals surface area contributed by atoms with E-state index in [2.05, 4.69) is 26.8 Å². The van der Waals surface area contributed by atoms with Crippen LogP contribution in [0.3, 0.4) is 0 Å². The van der Waals surface area contributed by atoms with Crippen LogP contribution in [0.4, 0.5) is 0 Å². The number of allylic oxidation sites excluding steroid dienone is 3. The lowest BCUT2D eigenvalue weighted by atomic mass is 10.1. The third-order valence-electron chi connectivity index (χ3n) is 2.34. The molecule has 1 heteroatoms. The van der Waals surface area contributed by atoms with Gasteiger partial charge in [-0.1, -0.05) is 37.1 Å². The molecule has 0 N–H and O–H groups in total. The first-order valence-electron chi connectivity index (χ1n) is 5.16. The van der Waals surface area contributed by atoms with Crippen molar-refractivity contribution in [3.8, 4) is 0 Å². The number of rotatable bonds is 6. The third kappa shape index (κ3) is 6.59. The summed E-state index contributed by atoms with van der Waals surface area (Å²) in [5, 5.41) is 10.4. The van der Waals surface area contributed by atoms with Gasteiger partial charge in [-0.15, -0.1) is 0 Å². The molecule has 1 radical (unpaired) electrons. The van der Waals surface area contributed by atoms with Crippen LogP contribution in [0.15, 0.2) is 23.3 Å². The molecule has 75 valence electrons. The highest BCUT2D eigenvalue weighted by atomic mass is 16.2. The van der Waals surface area contributed by atoms with E-state index >= 15 is 0 Å². The summed E-state index contributed by atoms with van der Waals surface area (Å²) in [4.78, 5) is 0. The van der Waals surface area contributed by atoms with E-state index in [9.17, 15) is 5.11 Å². The summed E-state index contributed by atoms with van der Waals surface area (Å²) in [5.41, 5.74) is 2.74. The van der Waals surface area contributed by atoms with Crippen LogP contribution in [0, 0.1) is 0 Å². The lowest BCUT2D eigenvalue weighted by Gasteiger charge is -2.01. The van der Waals surface area contributed by atoms with E-state index in [1.54, 1.807) is 0 Å². The minimum atomic E-state index is -0.0698. The first-order chi connectivity index (χ1) is 6.24. The van der Waals surface area contributed by atoms with Gasteiger partial charge in [0.2, 0.25) is 0 Å². The Hall–Kier alpha value is -0.560. The molecule has 0 aromatic rings. The molecule has 0 aromatic heterocycles. The van der Waals surface area contributed by atoms with Crippen LogP contribution in [-0.2, 0) is 5.11 Å². The maximum absolute atomic E-state index is 10.4. The molecule has 0 aliphatic rings. The van der Waals surface area contributed by atoms with Gasteiger partial charge in [0.25, 0.3) is 0 Å². The molecule has 0 unspecified atom stereocenters. The van der Waals surface area contributed by atoms with E-state index < -0.39 is 0 Å². The Morgan fingerprint density at radius 1 is 1.15 bits per heavy atom. The zero-order chi connectivity index (χ0) is 10.1. The third-order valence-corrected chi connectivity index (χ3v) is 2.34. The van der Waals surface area contributed by atoms with Gasteiger partial charge in [-0.2, -0.15) is 0 Å². The summed E-state index contributed by atoms with van der Waals surface area (Å²) < 4.78 is 0. The molecule has 0 bridgehead atoms. The Morgan fingerprint density at radius 2 is 1.85 bits per heavy atom. The summed E-state index contributed by atoms with van der Waals surface area (Å²) in [6, 6.07) is 0. The predicted octanol–water partition coefficient (Wildman–Crippen LogP) is 3.89. The molecule has 0 saturated carbocycles. The molecular weight excluding hydrogens is 160 g/mol. The second-order valence-electron chi connectivity index (χ2n) is 3.33. The van der Waals surface area contributed by atoms with Gasteiger partial charge in [0.15, 0.2) is 0 Å². The van der Waals surface area contributed by atoms with Gasteiger partial charge in [0.05, 0.1) is 0 Å². The first-order valence-corrected chi connectivity index (χ1v) is 5.16. The van der Waals surface area contributed by atoms with Crippen molar-refractivity contribution in [1.29, 1.82) is 0 Å². The Morgan fingerprint density at radius 3 is 2.31 bits per heavy atom. The van der Waals surface area contributed by atoms with Gasteiger partial charge >= 0.3 is 0 Å². The lowest BCUT2D eigenvalue weighted by molar-refractivity contribution is 0.231. The topological polar surface area (TPSA) is 19.9 Å². The number of hydrogen-bond donors (Lipinski definition) is 0. The van der Waals surface area contributed by atoms with Crippen LogP contribution in [0.5, 0.6) is 0 Å². The number of hydrogen-bond acceptors (Lipinski definition) is 0. The molecule has 0 rings (SSSR count). The zero-order valence-corrected chi connectivity index (χ0v) is 9.10. The molecule has 0 aliphatic carbocycles. The van der Waals surface area contributed by atoms with Crippen LogP contribution < -0.4 is 0 Å². The van der Waals surface area contributed by atoms with E-state index in [-0.39, 0.29) is 6.61 Å². The Balaban J connectivity index is 3.79. The summed E-state index contributed by atoms with van der Waals surface area (Å²) in [6.07, 6.45) is 8.37. The molecule has 0 amide bonds. The highest BCUT2D eigenvalue weighted by Crippen LogP contribution is 2.11. The smallest absolute Gasteiger partial charge is 0.101 e. The molecule has 0 saturated heterocycles. The average molecular weight is 181 g/mol. The van der Waals surface area contributed by atoms with Gasteiger partial charge in [-0.05, 0) is 32.6 Å². The fourth-order valence-electron chi connectivity index (χ4n) is 1.19. The second kappa shape index (κ2) is 8.06. The second-order valence-corrected chi connectivity index (χ2v) is 3.33. The van der Waals surface area contributed by atoms with Crippen molar-refractivity contribution in [2.75, 3.05) is 6.61 Å². The fourth-order valence-corrected chi connectivity index (χ4v) is 1.19. The zero-order valence-electron chi connectivity index (χ0n) is 9.10. The van der Waals surface area contributed by atoms with Crippen LogP contribution >= 0.6 is 0 Å². The molecule has 0 atom stereocenters. The summed E-state index contributed by atoms with van der Waals surface area (Å²) in [5.74, 6) is 0. The molecule has 0 spiro atoms. The van der Waals surface area contributed by atoms with E-state index in [0.29, 0.717) is 0 Å². The van der Waals surface area contributed by atoms with Gasteiger partial charge < -0.3 is 0 Å². The van der Waals surface area contributed by atoms with Crippen molar-refractivity contribution < 1.29 is 5.11 Å². The largest absolute Gasteiger partial charge is 0.232 e. The van der Waals surface area contributed by atoms with Gasteiger partial charge in [0.1, 0.15) is 6.61 Å². The van der Waals surface area contributed by atoms with E-state index in [0.717, 1.165) is 25.7 Å². The van der Waals surface area contributed by atoms with Crippen molar-refractivity contribution >= 4 is 0 Å². The van der Waals surface area contributed by atoms with Crippen LogP contribution in [0.1, 0.15) is 46.5 Å². The van der Waals surface area contributed by atoms with Crippen LogP contribution in [0.2, 0.25) is 0 Å². The Bertz CT molecular complexity index is 178. The molecule has 0 heterocycles. The highest BCUT2D eigenvalue weighted by Gasteiger charge is 1.92. The minimum Gasteiger partial charge on any atom is -0.232 e. The lowest BCUT2D eigenvalue weighted by Crippen LogP contribution is -1.84. The highest BCUT2D eigenvalue weighted by molar-refractivity contribution is 5.05. The van der Waals surface area contributed by atoms with Crippen molar-refractivity contribution in [3.63, 3.8) is 0 Å². The van der Waals surface area contributed by atoms with Crippen molar-refractivity contribution in [2.24, 2.45) is 0 Å². The molecule has 0 aromatic carbocycles. The SMILES string of the molecule is CCC(C)=CCCC(=CC[O])CC.